The number of ether oxygens (including phenoxy) is 2. The van der Waals surface area contributed by atoms with Gasteiger partial charge < -0.3 is 25.0 Å². The third-order valence-electron chi connectivity index (χ3n) is 6.72. The molecule has 1 aliphatic rings. The quantitative estimate of drug-likeness (QED) is 0.458. The maximum Gasteiger partial charge on any atom is 0.264 e. The summed E-state index contributed by atoms with van der Waals surface area (Å²) in [6, 6.07) is 22.6. The van der Waals surface area contributed by atoms with Crippen LogP contribution >= 0.6 is 0 Å². The van der Waals surface area contributed by atoms with E-state index >= 15 is 0 Å². The molecule has 0 unspecified atom stereocenters. The number of anilines is 1. The van der Waals surface area contributed by atoms with Crippen molar-refractivity contribution >= 4 is 17.5 Å². The van der Waals surface area contributed by atoms with Crippen molar-refractivity contribution < 1.29 is 19.1 Å². The summed E-state index contributed by atoms with van der Waals surface area (Å²) in [6.07, 6.45) is 5.42. The van der Waals surface area contributed by atoms with Crippen LogP contribution in [0.25, 0.3) is 0 Å². The van der Waals surface area contributed by atoms with Gasteiger partial charge in [-0.05, 0) is 61.3 Å². The van der Waals surface area contributed by atoms with Gasteiger partial charge >= 0.3 is 0 Å². The second kappa shape index (κ2) is 14.2. The van der Waals surface area contributed by atoms with E-state index in [9.17, 15) is 9.59 Å². The van der Waals surface area contributed by atoms with Gasteiger partial charge in [-0.2, -0.15) is 0 Å². The van der Waals surface area contributed by atoms with Crippen LogP contribution in [0.5, 0.6) is 11.5 Å². The summed E-state index contributed by atoms with van der Waals surface area (Å²) in [4.78, 5) is 28.3. The second-order valence-corrected chi connectivity index (χ2v) is 9.43. The van der Waals surface area contributed by atoms with Crippen molar-refractivity contribution in [2.75, 3.05) is 31.7 Å². The van der Waals surface area contributed by atoms with Crippen molar-refractivity contribution in [1.82, 2.24) is 10.6 Å². The predicted octanol–water partition coefficient (Wildman–Crippen LogP) is 5.09. The van der Waals surface area contributed by atoms with E-state index in [1.54, 1.807) is 13.2 Å². The predicted molar refractivity (Wildman–Crippen MR) is 150 cm³/mol. The number of carbonyl (C=O) groups is 2. The van der Waals surface area contributed by atoms with Crippen molar-refractivity contribution in [1.29, 1.82) is 0 Å². The van der Waals surface area contributed by atoms with Crippen LogP contribution in [0.4, 0.5) is 5.69 Å². The van der Waals surface area contributed by atoms with Gasteiger partial charge in [0.05, 0.1) is 7.11 Å². The molecule has 0 aliphatic carbocycles. The fourth-order valence-corrected chi connectivity index (χ4v) is 4.65. The molecule has 0 radical (unpaired) electrons. The highest BCUT2D eigenvalue weighted by molar-refractivity contribution is 5.98. The summed E-state index contributed by atoms with van der Waals surface area (Å²) in [5.41, 5.74) is 3.21. The SMILES string of the molecule is COc1ccccc1CNC(=O)c1ccc2c(c1)CNCCCCCCCN2C(=O)COc1ccccc1. The molecule has 3 aromatic carbocycles. The van der Waals surface area contributed by atoms with Gasteiger partial charge in [-0.25, -0.2) is 0 Å². The number of nitrogens with zero attached hydrogens (tertiary/aromatic N) is 1. The summed E-state index contributed by atoms with van der Waals surface area (Å²) < 4.78 is 11.2. The molecule has 2 amide bonds. The number of fused-ring (bicyclic) bond motifs is 1. The van der Waals surface area contributed by atoms with Gasteiger partial charge in [0.25, 0.3) is 11.8 Å². The van der Waals surface area contributed by atoms with Crippen molar-refractivity contribution in [3.63, 3.8) is 0 Å². The Morgan fingerprint density at radius 3 is 2.53 bits per heavy atom. The molecule has 38 heavy (non-hydrogen) atoms. The first-order chi connectivity index (χ1) is 18.7. The molecule has 4 rings (SSSR count). The molecule has 2 N–H and O–H groups in total. The molecule has 0 bridgehead atoms. The van der Waals surface area contributed by atoms with Crippen LogP contribution in [-0.4, -0.2) is 38.6 Å². The van der Waals surface area contributed by atoms with Gasteiger partial charge in [0.15, 0.2) is 6.61 Å². The summed E-state index contributed by atoms with van der Waals surface area (Å²) in [6.45, 7) is 2.40. The van der Waals surface area contributed by atoms with E-state index < -0.39 is 0 Å². The minimum Gasteiger partial charge on any atom is -0.496 e. The number of methoxy groups -OCH3 is 1. The number of hydrogen-bond acceptors (Lipinski definition) is 5. The van der Waals surface area contributed by atoms with Crippen LogP contribution in [0.3, 0.4) is 0 Å². The van der Waals surface area contributed by atoms with Crippen molar-refractivity contribution in [3.8, 4) is 11.5 Å². The lowest BCUT2D eigenvalue weighted by Gasteiger charge is -2.26. The maximum absolute atomic E-state index is 13.4. The van der Waals surface area contributed by atoms with E-state index in [4.69, 9.17) is 9.47 Å². The van der Waals surface area contributed by atoms with Crippen LogP contribution in [0, 0.1) is 0 Å². The normalized spacial score (nSPS) is 14.4. The van der Waals surface area contributed by atoms with Gasteiger partial charge in [-0.15, -0.1) is 0 Å². The number of hydrogen-bond donors (Lipinski definition) is 2. The first kappa shape index (κ1) is 27.2. The molecule has 200 valence electrons. The molecule has 0 fully saturated rings. The van der Waals surface area contributed by atoms with Crippen molar-refractivity contribution in [3.05, 3.63) is 89.5 Å². The Kier molecular flexibility index (Phi) is 10.2. The Morgan fingerprint density at radius 2 is 1.68 bits per heavy atom. The zero-order chi connectivity index (χ0) is 26.6. The molecule has 7 heteroatoms. The zero-order valence-electron chi connectivity index (χ0n) is 22.1. The minimum absolute atomic E-state index is 0.0436. The minimum atomic E-state index is -0.171. The third kappa shape index (κ3) is 7.59. The molecule has 1 heterocycles. The summed E-state index contributed by atoms with van der Waals surface area (Å²) in [5.74, 6) is 1.14. The zero-order valence-corrected chi connectivity index (χ0v) is 22.1. The Hall–Kier alpha value is -3.84. The maximum atomic E-state index is 13.4. The first-order valence-corrected chi connectivity index (χ1v) is 13.4. The average Bonchev–Trinajstić information content (AvgIpc) is 2.95. The van der Waals surface area contributed by atoms with Gasteiger partial charge in [0.1, 0.15) is 11.5 Å². The highest BCUT2D eigenvalue weighted by Gasteiger charge is 2.21. The number of rotatable bonds is 7. The molecule has 0 saturated carbocycles. The largest absolute Gasteiger partial charge is 0.496 e. The molecule has 0 atom stereocenters. The number of carbonyl (C=O) groups excluding carboxylic acids is 2. The van der Waals surface area contributed by atoms with E-state index in [0.717, 1.165) is 61.2 Å². The fraction of sp³-hybridized carbons (Fsp3) is 0.355. The lowest BCUT2D eigenvalue weighted by atomic mass is 10.0. The van der Waals surface area contributed by atoms with Crippen molar-refractivity contribution in [2.45, 2.75) is 45.2 Å². The lowest BCUT2D eigenvalue weighted by Crippen LogP contribution is -2.37. The summed E-state index contributed by atoms with van der Waals surface area (Å²) in [5, 5.41) is 6.50. The van der Waals surface area contributed by atoms with Gasteiger partial charge in [0, 0.05) is 36.4 Å². The Balaban J connectivity index is 1.53. The Bertz CT molecular complexity index is 1200. The summed E-state index contributed by atoms with van der Waals surface area (Å²) in [7, 11) is 1.62. The topological polar surface area (TPSA) is 79.9 Å². The summed E-state index contributed by atoms with van der Waals surface area (Å²) >= 11 is 0. The van der Waals surface area contributed by atoms with Gasteiger partial charge in [-0.3, -0.25) is 9.59 Å². The second-order valence-electron chi connectivity index (χ2n) is 9.43. The molecule has 7 nitrogen and oxygen atoms in total. The van der Waals surface area contributed by atoms with E-state index in [2.05, 4.69) is 10.6 Å². The Morgan fingerprint density at radius 1 is 0.921 bits per heavy atom. The fourth-order valence-electron chi connectivity index (χ4n) is 4.65. The van der Waals surface area contributed by atoms with Crippen molar-refractivity contribution in [2.24, 2.45) is 0 Å². The van der Waals surface area contributed by atoms with E-state index in [-0.39, 0.29) is 18.4 Å². The monoisotopic (exact) mass is 515 g/mol. The lowest BCUT2D eigenvalue weighted by molar-refractivity contribution is -0.120. The van der Waals surface area contributed by atoms with Crippen LogP contribution in [0.15, 0.2) is 72.8 Å². The van der Waals surface area contributed by atoms with Crippen LogP contribution in [0.1, 0.15) is 53.6 Å². The molecular formula is C31H37N3O4. The molecule has 1 aliphatic heterocycles. The number of benzene rings is 3. The smallest absolute Gasteiger partial charge is 0.264 e. The van der Waals surface area contributed by atoms with E-state index in [0.29, 0.717) is 30.9 Å². The van der Waals surface area contributed by atoms with Crippen LogP contribution < -0.4 is 25.0 Å². The van der Waals surface area contributed by atoms with Crippen LogP contribution in [-0.2, 0) is 17.9 Å². The highest BCUT2D eigenvalue weighted by atomic mass is 16.5. The molecule has 0 saturated heterocycles. The average molecular weight is 516 g/mol. The highest BCUT2D eigenvalue weighted by Crippen LogP contribution is 2.25. The number of nitrogens with one attached hydrogen (secondary N) is 2. The molecule has 3 aromatic rings. The number of amides is 2. The first-order valence-electron chi connectivity index (χ1n) is 13.4. The van der Waals surface area contributed by atoms with E-state index in [1.807, 2.05) is 71.6 Å². The van der Waals surface area contributed by atoms with E-state index in [1.165, 1.54) is 0 Å². The number of para-hydroxylation sites is 2. The molecule has 0 spiro atoms. The van der Waals surface area contributed by atoms with Crippen LogP contribution in [0.2, 0.25) is 0 Å². The third-order valence-corrected chi connectivity index (χ3v) is 6.72. The van der Waals surface area contributed by atoms with Gasteiger partial charge in [0.2, 0.25) is 0 Å². The molecular weight excluding hydrogens is 478 g/mol. The molecule has 0 aromatic heterocycles. The Labute approximate surface area is 225 Å². The van der Waals surface area contributed by atoms with Gasteiger partial charge in [-0.1, -0.05) is 55.7 Å². The standard InChI is InChI=1S/C31H37N3O4/c1-37-29-15-9-8-12-25(29)22-33-31(36)24-16-17-28-26(20-24)21-32-18-10-3-2-4-11-19-34(28)30(35)23-38-27-13-6-5-7-14-27/h5-9,12-17,20,32H,2-4,10-11,18-19,21-23H2,1H3,(H,33,36).